The summed E-state index contributed by atoms with van der Waals surface area (Å²) in [5.41, 5.74) is 1.55. The van der Waals surface area contributed by atoms with Crippen LogP contribution in [0.1, 0.15) is 5.89 Å². The third kappa shape index (κ3) is 4.05. The van der Waals surface area contributed by atoms with Gasteiger partial charge >= 0.3 is 0 Å². The molecular weight excluding hydrogens is 410 g/mol. The van der Waals surface area contributed by atoms with Gasteiger partial charge in [0.05, 0.1) is 31.5 Å². The zero-order valence-corrected chi connectivity index (χ0v) is 15.9. The van der Waals surface area contributed by atoms with Gasteiger partial charge in [-0.2, -0.15) is 4.98 Å². The van der Waals surface area contributed by atoms with Crippen LogP contribution in [0.5, 0.6) is 11.5 Å². The molecule has 0 atom stereocenters. The van der Waals surface area contributed by atoms with E-state index in [1.54, 1.807) is 32.4 Å². The van der Waals surface area contributed by atoms with Crippen molar-refractivity contribution in [2.24, 2.45) is 0 Å². The summed E-state index contributed by atoms with van der Waals surface area (Å²) in [6.45, 7) is 0.358. The van der Waals surface area contributed by atoms with Crippen molar-refractivity contribution in [3.8, 4) is 22.9 Å². The van der Waals surface area contributed by atoms with Crippen molar-refractivity contribution in [2.45, 2.75) is 6.54 Å². The van der Waals surface area contributed by atoms with E-state index in [-0.39, 0.29) is 0 Å². The summed E-state index contributed by atoms with van der Waals surface area (Å²) >= 11 is 9.56. The highest BCUT2D eigenvalue weighted by molar-refractivity contribution is 9.10. The van der Waals surface area contributed by atoms with E-state index in [1.807, 2.05) is 18.2 Å². The van der Waals surface area contributed by atoms with E-state index in [2.05, 4.69) is 31.4 Å². The van der Waals surface area contributed by atoms with E-state index in [9.17, 15) is 0 Å². The summed E-state index contributed by atoms with van der Waals surface area (Å²) in [6, 6.07) is 11.0. The van der Waals surface area contributed by atoms with E-state index < -0.39 is 0 Å². The Hall–Kier alpha value is -2.25. The Morgan fingerprint density at radius 3 is 2.68 bits per heavy atom. The van der Waals surface area contributed by atoms with Gasteiger partial charge in [-0.3, -0.25) is 0 Å². The molecule has 0 saturated carbocycles. The highest BCUT2D eigenvalue weighted by Crippen LogP contribution is 2.31. The number of hydrogen-bond donors (Lipinski definition) is 1. The highest BCUT2D eigenvalue weighted by Gasteiger charge is 2.12. The number of nitrogens with one attached hydrogen (secondary N) is 1. The van der Waals surface area contributed by atoms with Gasteiger partial charge in [-0.1, -0.05) is 32.7 Å². The molecule has 0 aliphatic heterocycles. The molecular formula is C17H15BrClN3O3. The Labute approximate surface area is 158 Å². The van der Waals surface area contributed by atoms with Gasteiger partial charge in [-0.15, -0.1) is 0 Å². The van der Waals surface area contributed by atoms with Gasteiger partial charge in [0, 0.05) is 10.0 Å². The maximum atomic E-state index is 6.15. The number of methoxy groups -OCH3 is 2. The summed E-state index contributed by atoms with van der Waals surface area (Å²) in [5, 5.41) is 7.79. The minimum Gasteiger partial charge on any atom is -0.493 e. The van der Waals surface area contributed by atoms with Crippen molar-refractivity contribution < 1.29 is 14.0 Å². The van der Waals surface area contributed by atoms with Crippen LogP contribution >= 0.6 is 27.5 Å². The minimum atomic E-state index is 0.358. The van der Waals surface area contributed by atoms with Crippen molar-refractivity contribution in [3.05, 3.63) is 51.8 Å². The Kier molecular flexibility index (Phi) is 5.45. The standard InChI is InChI=1S/C17H15BrClN3O3/c1-23-14-6-3-10(7-15(14)24-2)17-21-16(25-22-17)9-20-13-8-11(18)4-5-12(13)19/h3-8,20H,9H2,1-2H3. The van der Waals surface area contributed by atoms with E-state index >= 15 is 0 Å². The number of aromatic nitrogens is 2. The number of halogens is 2. The number of ether oxygens (including phenoxy) is 2. The number of nitrogens with zero attached hydrogens (tertiary/aromatic N) is 2. The molecule has 25 heavy (non-hydrogen) atoms. The number of hydrogen-bond acceptors (Lipinski definition) is 6. The van der Waals surface area contributed by atoms with Gasteiger partial charge in [-0.05, 0) is 36.4 Å². The molecule has 0 aliphatic carbocycles. The number of rotatable bonds is 6. The number of anilines is 1. The molecule has 0 amide bonds. The highest BCUT2D eigenvalue weighted by atomic mass is 79.9. The Balaban J connectivity index is 1.75. The second-order valence-corrected chi connectivity index (χ2v) is 6.38. The second kappa shape index (κ2) is 7.76. The third-order valence-corrected chi connectivity index (χ3v) is 4.29. The lowest BCUT2D eigenvalue weighted by atomic mass is 10.2. The first-order valence-corrected chi connectivity index (χ1v) is 8.51. The van der Waals surface area contributed by atoms with Crippen molar-refractivity contribution in [1.82, 2.24) is 10.1 Å². The molecule has 2 aromatic carbocycles. The molecule has 3 aromatic rings. The Morgan fingerprint density at radius 2 is 1.92 bits per heavy atom. The van der Waals surface area contributed by atoms with Gasteiger partial charge in [0.15, 0.2) is 11.5 Å². The molecule has 8 heteroatoms. The van der Waals surface area contributed by atoms with Crippen molar-refractivity contribution in [1.29, 1.82) is 0 Å². The van der Waals surface area contributed by atoms with E-state index in [1.165, 1.54) is 0 Å². The third-order valence-electron chi connectivity index (χ3n) is 3.47. The molecule has 0 saturated heterocycles. The molecule has 0 spiro atoms. The van der Waals surface area contributed by atoms with Crippen molar-refractivity contribution >= 4 is 33.2 Å². The first-order valence-electron chi connectivity index (χ1n) is 7.34. The van der Waals surface area contributed by atoms with E-state index in [4.69, 9.17) is 25.6 Å². The monoisotopic (exact) mass is 423 g/mol. The quantitative estimate of drug-likeness (QED) is 0.614. The molecule has 0 bridgehead atoms. The number of benzene rings is 2. The van der Waals surface area contributed by atoms with Crippen molar-refractivity contribution in [2.75, 3.05) is 19.5 Å². The van der Waals surface area contributed by atoms with Crippen LogP contribution in [0.2, 0.25) is 5.02 Å². The lowest BCUT2D eigenvalue weighted by molar-refractivity contribution is 0.355. The smallest absolute Gasteiger partial charge is 0.246 e. The summed E-state index contributed by atoms with van der Waals surface area (Å²) in [6.07, 6.45) is 0. The molecule has 3 rings (SSSR count). The molecule has 0 unspecified atom stereocenters. The maximum Gasteiger partial charge on any atom is 0.246 e. The summed E-state index contributed by atoms with van der Waals surface area (Å²) in [5.74, 6) is 2.16. The molecule has 0 fully saturated rings. The van der Waals surface area contributed by atoms with E-state index in [0.717, 1.165) is 15.7 Å². The lowest BCUT2D eigenvalue weighted by Crippen LogP contribution is -2.00. The molecule has 1 N–H and O–H groups in total. The molecule has 0 aliphatic rings. The van der Waals surface area contributed by atoms with Crippen LogP contribution in [-0.4, -0.2) is 24.4 Å². The fraction of sp³-hybridized carbons (Fsp3) is 0.176. The van der Waals surface area contributed by atoms with Crippen LogP contribution < -0.4 is 14.8 Å². The van der Waals surface area contributed by atoms with Crippen molar-refractivity contribution in [3.63, 3.8) is 0 Å². The maximum absolute atomic E-state index is 6.15. The fourth-order valence-electron chi connectivity index (χ4n) is 2.22. The average molecular weight is 425 g/mol. The second-order valence-electron chi connectivity index (χ2n) is 5.06. The Bertz CT molecular complexity index is 885. The molecule has 130 valence electrons. The van der Waals surface area contributed by atoms with Gasteiger partial charge in [-0.25, -0.2) is 0 Å². The van der Waals surface area contributed by atoms with Crippen LogP contribution in [-0.2, 0) is 6.54 Å². The van der Waals surface area contributed by atoms with Gasteiger partial charge in [0.2, 0.25) is 11.7 Å². The molecule has 1 heterocycles. The topological polar surface area (TPSA) is 69.4 Å². The zero-order valence-electron chi connectivity index (χ0n) is 13.5. The fourth-order valence-corrected chi connectivity index (χ4v) is 2.77. The summed E-state index contributed by atoms with van der Waals surface area (Å²) < 4.78 is 16.7. The van der Waals surface area contributed by atoms with Crippen LogP contribution in [0.4, 0.5) is 5.69 Å². The van der Waals surface area contributed by atoms with Gasteiger partial charge in [0.25, 0.3) is 0 Å². The van der Waals surface area contributed by atoms with Crippen LogP contribution in [0.3, 0.4) is 0 Å². The SMILES string of the molecule is COc1ccc(-c2noc(CNc3cc(Br)ccc3Cl)n2)cc1OC. The van der Waals surface area contributed by atoms with E-state index in [0.29, 0.717) is 34.8 Å². The normalized spacial score (nSPS) is 10.6. The first-order chi connectivity index (χ1) is 12.1. The molecule has 0 radical (unpaired) electrons. The first kappa shape index (κ1) is 17.6. The lowest BCUT2D eigenvalue weighted by Gasteiger charge is -2.07. The van der Waals surface area contributed by atoms with Crippen LogP contribution in [0.25, 0.3) is 11.4 Å². The predicted octanol–water partition coefficient (Wildman–Crippen LogP) is 4.78. The average Bonchev–Trinajstić information content (AvgIpc) is 3.11. The zero-order chi connectivity index (χ0) is 17.8. The van der Waals surface area contributed by atoms with Crippen LogP contribution in [0.15, 0.2) is 45.4 Å². The minimum absolute atomic E-state index is 0.358. The Morgan fingerprint density at radius 1 is 1.12 bits per heavy atom. The van der Waals surface area contributed by atoms with Gasteiger partial charge < -0.3 is 19.3 Å². The molecule has 1 aromatic heterocycles. The summed E-state index contributed by atoms with van der Waals surface area (Å²) in [7, 11) is 3.16. The van der Waals surface area contributed by atoms with Crippen LogP contribution in [0, 0.1) is 0 Å². The molecule has 6 nitrogen and oxygen atoms in total. The largest absolute Gasteiger partial charge is 0.493 e. The van der Waals surface area contributed by atoms with Gasteiger partial charge in [0.1, 0.15) is 0 Å². The summed E-state index contributed by atoms with van der Waals surface area (Å²) in [4.78, 5) is 4.39. The predicted molar refractivity (Wildman–Crippen MR) is 99.3 cm³/mol.